The Morgan fingerprint density at radius 1 is 1.29 bits per heavy atom. The molecule has 0 saturated heterocycles. The van der Waals surface area contributed by atoms with Gasteiger partial charge in [0.2, 0.25) is 5.88 Å². The Kier molecular flexibility index (Phi) is 3.84. The fourth-order valence-electron chi connectivity index (χ4n) is 2.25. The highest BCUT2D eigenvalue weighted by Crippen LogP contribution is 2.34. The first-order valence-electron chi connectivity index (χ1n) is 6.64. The van der Waals surface area contributed by atoms with E-state index in [4.69, 9.17) is 9.84 Å². The summed E-state index contributed by atoms with van der Waals surface area (Å²) in [6, 6.07) is 3.16. The number of hydrogen-bond acceptors (Lipinski definition) is 5. The van der Waals surface area contributed by atoms with Gasteiger partial charge in [-0.05, 0) is 18.2 Å². The fourth-order valence-corrected chi connectivity index (χ4v) is 3.73. The zero-order chi connectivity index (χ0) is 17.5. The van der Waals surface area contributed by atoms with Crippen molar-refractivity contribution in [2.75, 3.05) is 17.5 Å². The Balaban J connectivity index is 2.14. The number of pyridine rings is 1. The van der Waals surface area contributed by atoms with Crippen LogP contribution >= 0.6 is 0 Å². The molecule has 0 spiro atoms. The minimum Gasteiger partial charge on any atom is -0.478 e. The van der Waals surface area contributed by atoms with E-state index in [9.17, 15) is 22.0 Å². The quantitative estimate of drug-likeness (QED) is 0.898. The molecule has 0 amide bonds. The van der Waals surface area contributed by atoms with Crippen LogP contribution in [0.5, 0.6) is 5.88 Å². The number of halogens is 2. The molecule has 24 heavy (non-hydrogen) atoms. The molecule has 1 N–H and O–H groups in total. The average Bonchev–Trinajstić information content (AvgIpc) is 2.53. The van der Waals surface area contributed by atoms with Crippen LogP contribution in [0.2, 0.25) is 0 Å². The molecule has 10 heteroatoms. The summed E-state index contributed by atoms with van der Waals surface area (Å²) >= 11 is 0. The first-order valence-corrected chi connectivity index (χ1v) is 8.08. The zero-order valence-electron chi connectivity index (χ0n) is 11.9. The number of benzene rings is 1. The third kappa shape index (κ3) is 2.64. The lowest BCUT2D eigenvalue weighted by atomic mass is 10.2. The van der Waals surface area contributed by atoms with Gasteiger partial charge in [-0.3, -0.25) is 4.31 Å². The summed E-state index contributed by atoms with van der Waals surface area (Å²) in [5, 5.41) is 9.02. The molecule has 0 fully saturated rings. The van der Waals surface area contributed by atoms with Gasteiger partial charge in [0.05, 0.1) is 12.1 Å². The lowest BCUT2D eigenvalue weighted by Gasteiger charge is -2.29. The van der Waals surface area contributed by atoms with E-state index in [1.807, 2.05) is 0 Å². The van der Waals surface area contributed by atoms with Crippen LogP contribution in [0.1, 0.15) is 10.4 Å². The van der Waals surface area contributed by atoms with Crippen molar-refractivity contribution in [1.29, 1.82) is 0 Å². The van der Waals surface area contributed by atoms with Gasteiger partial charge < -0.3 is 9.84 Å². The van der Waals surface area contributed by atoms with Gasteiger partial charge >= 0.3 is 5.97 Å². The minimum absolute atomic E-state index is 0.0472. The molecule has 1 aliphatic heterocycles. The van der Waals surface area contributed by atoms with Crippen LogP contribution in [-0.2, 0) is 10.0 Å². The number of carbonyl (C=O) groups is 1. The number of aromatic nitrogens is 1. The molecule has 0 unspecified atom stereocenters. The molecular weight excluding hydrogens is 346 g/mol. The van der Waals surface area contributed by atoms with E-state index in [1.165, 1.54) is 0 Å². The Bertz CT molecular complexity index is 933. The highest BCUT2D eigenvalue weighted by atomic mass is 32.2. The molecule has 0 radical (unpaired) electrons. The number of ether oxygens (including phenoxy) is 1. The molecule has 7 nitrogen and oxygen atoms in total. The molecule has 0 aliphatic carbocycles. The van der Waals surface area contributed by atoms with Crippen molar-refractivity contribution >= 4 is 21.7 Å². The smallest absolute Gasteiger partial charge is 0.337 e. The predicted octanol–water partition coefficient (Wildman–Crippen LogP) is 1.65. The standard InChI is InChI=1S/C14H10F2N2O5S/c15-9-1-2-12(10(16)6-9)24(21,22)18-3-4-23-13-11(18)5-8(7-17-13)14(19)20/h1-2,5-7H,3-4H2,(H,19,20). The van der Waals surface area contributed by atoms with E-state index in [0.29, 0.717) is 6.07 Å². The largest absolute Gasteiger partial charge is 0.478 e. The van der Waals surface area contributed by atoms with Gasteiger partial charge in [-0.25, -0.2) is 27.0 Å². The number of rotatable bonds is 3. The first kappa shape index (κ1) is 16.1. The van der Waals surface area contributed by atoms with Gasteiger partial charge in [0, 0.05) is 12.3 Å². The molecule has 1 aromatic carbocycles. The SMILES string of the molecule is O=C(O)c1cnc2c(c1)N(S(=O)(=O)c1ccc(F)cc1F)CCO2. The van der Waals surface area contributed by atoms with Crippen molar-refractivity contribution in [3.05, 3.63) is 47.7 Å². The van der Waals surface area contributed by atoms with Gasteiger partial charge in [-0.2, -0.15) is 0 Å². The number of carboxylic acids is 1. The maximum absolute atomic E-state index is 13.9. The normalized spacial score (nSPS) is 14.0. The first-order chi connectivity index (χ1) is 11.3. The van der Waals surface area contributed by atoms with Crippen molar-refractivity contribution < 1.29 is 31.8 Å². The lowest BCUT2D eigenvalue weighted by Crippen LogP contribution is -2.38. The topological polar surface area (TPSA) is 96.8 Å². The van der Waals surface area contributed by atoms with Crippen LogP contribution < -0.4 is 9.04 Å². The summed E-state index contributed by atoms with van der Waals surface area (Å²) in [5.74, 6) is -3.55. The molecule has 0 atom stereocenters. The summed E-state index contributed by atoms with van der Waals surface area (Å²) < 4.78 is 58.3. The third-order valence-corrected chi connectivity index (χ3v) is 5.19. The zero-order valence-corrected chi connectivity index (χ0v) is 12.8. The summed E-state index contributed by atoms with van der Waals surface area (Å²) in [4.78, 5) is 14.1. The van der Waals surface area contributed by atoms with Crippen molar-refractivity contribution in [3.63, 3.8) is 0 Å². The third-order valence-electron chi connectivity index (χ3n) is 3.34. The molecule has 2 heterocycles. The van der Waals surface area contributed by atoms with Gasteiger partial charge in [-0.1, -0.05) is 0 Å². The maximum atomic E-state index is 13.9. The van der Waals surface area contributed by atoms with Crippen molar-refractivity contribution in [3.8, 4) is 5.88 Å². The van der Waals surface area contributed by atoms with Crippen LogP contribution in [0.4, 0.5) is 14.5 Å². The maximum Gasteiger partial charge on any atom is 0.337 e. The van der Waals surface area contributed by atoms with Crippen LogP contribution in [0.3, 0.4) is 0 Å². The van der Waals surface area contributed by atoms with Gasteiger partial charge in [0.1, 0.15) is 28.8 Å². The van der Waals surface area contributed by atoms with E-state index in [-0.39, 0.29) is 30.3 Å². The monoisotopic (exact) mass is 356 g/mol. The van der Waals surface area contributed by atoms with Crippen LogP contribution in [0, 0.1) is 11.6 Å². The number of fused-ring (bicyclic) bond motifs is 1. The average molecular weight is 356 g/mol. The summed E-state index contributed by atoms with van der Waals surface area (Å²) in [6.45, 7) is -0.217. The van der Waals surface area contributed by atoms with Gasteiger partial charge in [0.15, 0.2) is 0 Å². The number of aromatic carboxylic acids is 1. The van der Waals surface area contributed by atoms with Gasteiger partial charge in [-0.15, -0.1) is 0 Å². The molecule has 0 saturated carbocycles. The van der Waals surface area contributed by atoms with Crippen LogP contribution in [0.15, 0.2) is 35.4 Å². The van der Waals surface area contributed by atoms with E-state index in [1.54, 1.807) is 0 Å². The lowest BCUT2D eigenvalue weighted by molar-refractivity contribution is 0.0696. The number of sulfonamides is 1. The summed E-state index contributed by atoms with van der Waals surface area (Å²) in [5.41, 5.74) is -0.371. The number of nitrogens with zero attached hydrogens (tertiary/aromatic N) is 2. The van der Waals surface area contributed by atoms with Crippen LogP contribution in [0.25, 0.3) is 0 Å². The Hall–Kier alpha value is -2.75. The van der Waals surface area contributed by atoms with Crippen LogP contribution in [-0.4, -0.2) is 37.6 Å². The Morgan fingerprint density at radius 2 is 2.04 bits per heavy atom. The molecule has 2 aromatic rings. The van der Waals surface area contributed by atoms with Crippen molar-refractivity contribution in [2.45, 2.75) is 4.90 Å². The molecule has 1 aliphatic rings. The molecule has 3 rings (SSSR count). The van der Waals surface area contributed by atoms with E-state index >= 15 is 0 Å². The number of carboxylic acid groups (broad SMARTS) is 1. The van der Waals surface area contributed by atoms with Crippen molar-refractivity contribution in [1.82, 2.24) is 4.98 Å². The molecule has 0 bridgehead atoms. The second-order valence-corrected chi connectivity index (χ2v) is 6.68. The Morgan fingerprint density at radius 3 is 2.71 bits per heavy atom. The van der Waals surface area contributed by atoms with Crippen molar-refractivity contribution in [2.24, 2.45) is 0 Å². The Labute approximate surface area is 135 Å². The second kappa shape index (κ2) is 5.71. The number of hydrogen-bond donors (Lipinski definition) is 1. The minimum atomic E-state index is -4.39. The highest BCUT2D eigenvalue weighted by molar-refractivity contribution is 7.92. The number of anilines is 1. The van der Waals surface area contributed by atoms with E-state index in [2.05, 4.69) is 4.98 Å². The predicted molar refractivity (Wildman–Crippen MR) is 77.6 cm³/mol. The summed E-state index contributed by atoms with van der Waals surface area (Å²) in [7, 11) is -4.39. The fraction of sp³-hybridized carbons (Fsp3) is 0.143. The molecule has 1 aromatic heterocycles. The molecular formula is C14H10F2N2O5S. The molecule has 126 valence electrons. The summed E-state index contributed by atoms with van der Waals surface area (Å²) in [6.07, 6.45) is 1.02. The highest BCUT2D eigenvalue weighted by Gasteiger charge is 2.33. The van der Waals surface area contributed by atoms with Gasteiger partial charge in [0.25, 0.3) is 10.0 Å². The second-order valence-electron chi connectivity index (χ2n) is 4.85. The van der Waals surface area contributed by atoms with E-state index in [0.717, 1.165) is 28.7 Å². The van der Waals surface area contributed by atoms with E-state index < -0.39 is 32.5 Å².